The van der Waals surface area contributed by atoms with Crippen LogP contribution in [0.5, 0.6) is 5.75 Å². The highest BCUT2D eigenvalue weighted by atomic mass is 19.1. The fourth-order valence-corrected chi connectivity index (χ4v) is 3.08. The summed E-state index contributed by atoms with van der Waals surface area (Å²) >= 11 is 0. The van der Waals surface area contributed by atoms with Crippen LogP contribution < -0.4 is 10.1 Å². The van der Waals surface area contributed by atoms with E-state index >= 15 is 0 Å². The first kappa shape index (κ1) is 22.0. The quantitative estimate of drug-likeness (QED) is 0.545. The van der Waals surface area contributed by atoms with Crippen molar-refractivity contribution in [2.24, 2.45) is 0 Å². The Balaban J connectivity index is 1.61. The molecule has 1 amide bonds. The van der Waals surface area contributed by atoms with Gasteiger partial charge in [0.05, 0.1) is 6.42 Å². The number of ether oxygens (including phenoxy) is 1. The maximum absolute atomic E-state index is 13.3. The fraction of sp³-hybridized carbons (Fsp3) is 0.167. The van der Waals surface area contributed by atoms with Crippen LogP contribution >= 0.6 is 0 Å². The molecule has 1 atom stereocenters. The van der Waals surface area contributed by atoms with E-state index in [9.17, 15) is 23.5 Å². The minimum absolute atomic E-state index is 0.0289. The third-order valence-electron chi connectivity index (χ3n) is 4.51. The molecule has 0 aliphatic carbocycles. The monoisotopic (exact) mass is 425 g/mol. The van der Waals surface area contributed by atoms with Gasteiger partial charge in [0.15, 0.2) is 0 Å². The Morgan fingerprint density at radius 2 is 1.55 bits per heavy atom. The van der Waals surface area contributed by atoms with E-state index in [1.54, 1.807) is 24.3 Å². The molecule has 0 saturated heterocycles. The van der Waals surface area contributed by atoms with Crippen molar-refractivity contribution < 1.29 is 28.2 Å². The number of carbonyl (C=O) groups is 2. The molecule has 0 unspecified atom stereocenters. The van der Waals surface area contributed by atoms with Crippen LogP contribution in [-0.4, -0.2) is 23.0 Å². The van der Waals surface area contributed by atoms with Crippen molar-refractivity contribution in [2.75, 3.05) is 0 Å². The van der Waals surface area contributed by atoms with Gasteiger partial charge in [0.25, 0.3) is 0 Å². The summed E-state index contributed by atoms with van der Waals surface area (Å²) in [6.07, 6.45) is -0.306. The lowest BCUT2D eigenvalue weighted by molar-refractivity contribution is -0.141. The summed E-state index contributed by atoms with van der Waals surface area (Å²) in [5.41, 5.74) is 1.78. The maximum atomic E-state index is 13.3. The zero-order valence-corrected chi connectivity index (χ0v) is 16.6. The van der Waals surface area contributed by atoms with E-state index in [0.29, 0.717) is 24.0 Å². The number of rotatable bonds is 9. The van der Waals surface area contributed by atoms with Crippen LogP contribution in [0.15, 0.2) is 72.8 Å². The molecule has 3 aromatic carbocycles. The van der Waals surface area contributed by atoms with Crippen LogP contribution in [0.3, 0.4) is 0 Å². The van der Waals surface area contributed by atoms with Crippen molar-refractivity contribution in [1.82, 2.24) is 5.32 Å². The van der Waals surface area contributed by atoms with E-state index in [1.165, 1.54) is 0 Å². The Kier molecular flexibility index (Phi) is 7.32. The van der Waals surface area contributed by atoms with Gasteiger partial charge in [-0.2, -0.15) is 0 Å². The van der Waals surface area contributed by atoms with Gasteiger partial charge >= 0.3 is 5.97 Å². The number of carboxylic acids is 1. The second-order valence-corrected chi connectivity index (χ2v) is 7.04. The van der Waals surface area contributed by atoms with Crippen LogP contribution in [0.2, 0.25) is 0 Å². The van der Waals surface area contributed by atoms with Crippen molar-refractivity contribution >= 4 is 11.9 Å². The molecule has 0 fully saturated rings. The van der Waals surface area contributed by atoms with Gasteiger partial charge in [0.1, 0.15) is 30.0 Å². The number of nitrogens with one attached hydrogen (secondary N) is 1. The van der Waals surface area contributed by atoms with E-state index in [1.807, 2.05) is 30.3 Å². The number of halogens is 2. The summed E-state index contributed by atoms with van der Waals surface area (Å²) in [5.74, 6) is -2.88. The average molecular weight is 425 g/mol. The van der Waals surface area contributed by atoms with E-state index in [0.717, 1.165) is 17.7 Å². The summed E-state index contributed by atoms with van der Waals surface area (Å²) in [4.78, 5) is 23.9. The van der Waals surface area contributed by atoms with Crippen LogP contribution in [0, 0.1) is 11.6 Å². The third kappa shape index (κ3) is 6.92. The molecule has 3 rings (SSSR count). The van der Waals surface area contributed by atoms with Crippen molar-refractivity contribution in [3.05, 3.63) is 101 Å². The number of aliphatic carboxylic acids is 1. The van der Waals surface area contributed by atoms with E-state index in [-0.39, 0.29) is 18.4 Å². The smallest absolute Gasteiger partial charge is 0.326 e. The molecular weight excluding hydrogens is 404 g/mol. The summed E-state index contributed by atoms with van der Waals surface area (Å²) in [6.45, 7) is 0.369. The molecule has 0 radical (unpaired) electrons. The van der Waals surface area contributed by atoms with Crippen LogP contribution in [0.1, 0.15) is 16.7 Å². The van der Waals surface area contributed by atoms with Crippen molar-refractivity contribution in [1.29, 1.82) is 0 Å². The summed E-state index contributed by atoms with van der Waals surface area (Å²) < 4.78 is 32.3. The lowest BCUT2D eigenvalue weighted by Crippen LogP contribution is -2.43. The number of hydrogen-bond acceptors (Lipinski definition) is 3. The highest BCUT2D eigenvalue weighted by Gasteiger charge is 2.21. The molecular formula is C24H21F2NO4. The number of amides is 1. The van der Waals surface area contributed by atoms with E-state index < -0.39 is 29.6 Å². The molecule has 7 heteroatoms. The molecule has 0 heterocycles. The number of hydrogen-bond donors (Lipinski definition) is 2. The minimum Gasteiger partial charge on any atom is -0.489 e. The van der Waals surface area contributed by atoms with Gasteiger partial charge in [-0.15, -0.1) is 0 Å². The predicted molar refractivity (Wildman–Crippen MR) is 111 cm³/mol. The number of carbonyl (C=O) groups excluding carboxylic acids is 1. The van der Waals surface area contributed by atoms with Crippen LogP contribution in [0.25, 0.3) is 0 Å². The van der Waals surface area contributed by atoms with Gasteiger partial charge in [0, 0.05) is 12.5 Å². The molecule has 0 spiro atoms. The van der Waals surface area contributed by atoms with Crippen molar-refractivity contribution in [3.63, 3.8) is 0 Å². The SMILES string of the molecule is O=C(Cc1cc(F)cc(F)c1)N[C@@H](Cc1cccc(OCc2ccccc2)c1)C(=O)O. The van der Waals surface area contributed by atoms with Crippen molar-refractivity contribution in [3.8, 4) is 5.75 Å². The summed E-state index contributed by atoms with van der Waals surface area (Å²) in [5, 5.41) is 11.9. The fourth-order valence-electron chi connectivity index (χ4n) is 3.08. The molecule has 3 aromatic rings. The molecule has 0 saturated carbocycles. The number of carboxylic acid groups (broad SMARTS) is 1. The van der Waals surface area contributed by atoms with Gasteiger partial charge in [-0.05, 0) is 41.0 Å². The normalized spacial score (nSPS) is 11.5. The summed E-state index contributed by atoms with van der Waals surface area (Å²) in [6, 6.07) is 18.1. The highest BCUT2D eigenvalue weighted by molar-refractivity contribution is 5.85. The van der Waals surface area contributed by atoms with Gasteiger partial charge in [-0.3, -0.25) is 4.79 Å². The Morgan fingerprint density at radius 3 is 2.23 bits per heavy atom. The molecule has 31 heavy (non-hydrogen) atoms. The van der Waals surface area contributed by atoms with Gasteiger partial charge in [-0.1, -0.05) is 42.5 Å². The maximum Gasteiger partial charge on any atom is 0.326 e. The van der Waals surface area contributed by atoms with Crippen molar-refractivity contribution in [2.45, 2.75) is 25.5 Å². The predicted octanol–water partition coefficient (Wildman–Crippen LogP) is 3.90. The van der Waals surface area contributed by atoms with E-state index in [4.69, 9.17) is 4.74 Å². The third-order valence-corrected chi connectivity index (χ3v) is 4.51. The molecule has 160 valence electrons. The number of benzene rings is 3. The topological polar surface area (TPSA) is 75.6 Å². The zero-order chi connectivity index (χ0) is 22.2. The Bertz CT molecular complexity index is 1040. The molecule has 5 nitrogen and oxygen atoms in total. The molecule has 0 aromatic heterocycles. The Hall–Kier alpha value is -3.74. The molecule has 0 aliphatic heterocycles. The molecule has 0 aliphatic rings. The van der Waals surface area contributed by atoms with Crippen LogP contribution in [-0.2, 0) is 29.0 Å². The van der Waals surface area contributed by atoms with E-state index in [2.05, 4.69) is 5.32 Å². The minimum atomic E-state index is -1.21. The average Bonchev–Trinajstić information content (AvgIpc) is 2.72. The van der Waals surface area contributed by atoms with Gasteiger partial charge in [-0.25, -0.2) is 13.6 Å². The highest BCUT2D eigenvalue weighted by Crippen LogP contribution is 2.17. The first-order chi connectivity index (χ1) is 14.9. The molecule has 2 N–H and O–H groups in total. The summed E-state index contributed by atoms with van der Waals surface area (Å²) in [7, 11) is 0. The zero-order valence-electron chi connectivity index (χ0n) is 16.6. The largest absolute Gasteiger partial charge is 0.489 e. The first-order valence-electron chi connectivity index (χ1n) is 9.62. The molecule has 0 bridgehead atoms. The second-order valence-electron chi connectivity index (χ2n) is 7.04. The standard InChI is InChI=1S/C24H21F2NO4/c25-19-9-18(10-20(26)14-19)13-23(28)27-22(24(29)30)12-17-7-4-8-21(11-17)31-15-16-5-2-1-3-6-16/h1-11,14,22H,12-13,15H2,(H,27,28)(H,29,30)/t22-/m0/s1. The Morgan fingerprint density at radius 1 is 0.871 bits per heavy atom. The first-order valence-corrected chi connectivity index (χ1v) is 9.62. The van der Waals surface area contributed by atoms with Crippen LogP contribution in [0.4, 0.5) is 8.78 Å². The van der Waals surface area contributed by atoms with Gasteiger partial charge < -0.3 is 15.2 Å². The second kappa shape index (κ2) is 10.3. The lowest BCUT2D eigenvalue weighted by Gasteiger charge is -2.15. The lowest BCUT2D eigenvalue weighted by atomic mass is 10.0. The Labute approximate surface area is 178 Å². The van der Waals surface area contributed by atoms with Gasteiger partial charge in [0.2, 0.25) is 5.91 Å².